The molecule has 98 valence electrons. The Morgan fingerprint density at radius 3 is 2.61 bits per heavy atom. The minimum absolute atomic E-state index is 0.161. The van der Waals surface area contributed by atoms with Gasteiger partial charge in [-0.05, 0) is 12.1 Å². The van der Waals surface area contributed by atoms with Gasteiger partial charge in [-0.1, -0.05) is 0 Å². The zero-order valence-electron chi connectivity index (χ0n) is 9.63. The number of amides is 2. The first-order valence-corrected chi connectivity index (χ1v) is 5.07. The highest BCUT2D eigenvalue weighted by Crippen LogP contribution is 2.14. The van der Waals surface area contributed by atoms with E-state index in [4.69, 9.17) is 0 Å². The van der Waals surface area contributed by atoms with Crippen LogP contribution in [0.1, 0.15) is 0 Å². The standard InChI is InChI=1S/C11H12F2N2O3/c1-18-5-4-14-10(16)11(17)15-9-3-2-7(12)6-8(9)13/h2-3,6H,4-5H2,1H3,(H,14,16)(H,15,17). The van der Waals surface area contributed by atoms with Gasteiger partial charge in [0.2, 0.25) is 0 Å². The van der Waals surface area contributed by atoms with Crippen molar-refractivity contribution in [3.63, 3.8) is 0 Å². The number of nitrogens with one attached hydrogen (secondary N) is 2. The van der Waals surface area contributed by atoms with Crippen molar-refractivity contribution in [2.24, 2.45) is 0 Å². The highest BCUT2D eigenvalue weighted by atomic mass is 19.1. The second-order valence-corrected chi connectivity index (χ2v) is 3.33. The number of rotatable bonds is 4. The van der Waals surface area contributed by atoms with Gasteiger partial charge in [0.05, 0.1) is 12.3 Å². The van der Waals surface area contributed by atoms with Crippen molar-refractivity contribution in [3.8, 4) is 0 Å². The van der Waals surface area contributed by atoms with Crippen molar-refractivity contribution in [3.05, 3.63) is 29.8 Å². The van der Waals surface area contributed by atoms with Crippen LogP contribution in [0.25, 0.3) is 0 Å². The maximum Gasteiger partial charge on any atom is 0.313 e. The van der Waals surface area contributed by atoms with Gasteiger partial charge in [0, 0.05) is 19.7 Å². The first-order valence-electron chi connectivity index (χ1n) is 5.07. The average Bonchev–Trinajstić information content (AvgIpc) is 2.32. The number of anilines is 1. The molecule has 0 heterocycles. The first kappa shape index (κ1) is 14.0. The molecule has 1 aromatic rings. The molecular formula is C11H12F2N2O3. The minimum atomic E-state index is -1.03. The van der Waals surface area contributed by atoms with Gasteiger partial charge < -0.3 is 15.4 Å². The van der Waals surface area contributed by atoms with E-state index in [1.165, 1.54) is 7.11 Å². The van der Waals surface area contributed by atoms with Gasteiger partial charge in [-0.25, -0.2) is 8.78 Å². The van der Waals surface area contributed by atoms with Crippen LogP contribution < -0.4 is 10.6 Å². The predicted octanol–water partition coefficient (Wildman–Crippen LogP) is 0.666. The number of hydrogen-bond donors (Lipinski definition) is 2. The van der Waals surface area contributed by atoms with Gasteiger partial charge >= 0.3 is 11.8 Å². The number of hydrogen-bond acceptors (Lipinski definition) is 3. The van der Waals surface area contributed by atoms with E-state index in [0.29, 0.717) is 6.07 Å². The van der Waals surface area contributed by atoms with Crippen LogP contribution in [0.15, 0.2) is 18.2 Å². The molecule has 0 unspecified atom stereocenters. The Hall–Kier alpha value is -2.02. The van der Waals surface area contributed by atoms with Gasteiger partial charge in [-0.3, -0.25) is 9.59 Å². The summed E-state index contributed by atoms with van der Waals surface area (Å²) >= 11 is 0. The molecule has 7 heteroatoms. The molecule has 0 aromatic heterocycles. The van der Waals surface area contributed by atoms with Crippen LogP contribution in [0.2, 0.25) is 0 Å². The van der Waals surface area contributed by atoms with E-state index in [-0.39, 0.29) is 18.8 Å². The molecule has 2 amide bonds. The molecule has 0 atom stereocenters. The zero-order chi connectivity index (χ0) is 13.5. The summed E-state index contributed by atoms with van der Waals surface area (Å²) in [5, 5.41) is 4.29. The van der Waals surface area contributed by atoms with Gasteiger partial charge in [0.25, 0.3) is 0 Å². The quantitative estimate of drug-likeness (QED) is 0.616. The third kappa shape index (κ3) is 4.10. The second kappa shape index (κ2) is 6.65. The number of carbonyl (C=O) groups is 2. The summed E-state index contributed by atoms with van der Waals surface area (Å²) in [6.45, 7) is 0.415. The Balaban J connectivity index is 2.56. The van der Waals surface area contributed by atoms with Crippen LogP contribution in [0, 0.1) is 11.6 Å². The van der Waals surface area contributed by atoms with E-state index in [2.05, 4.69) is 10.1 Å². The van der Waals surface area contributed by atoms with Crippen molar-refractivity contribution in [1.29, 1.82) is 0 Å². The molecule has 0 spiro atoms. The van der Waals surface area contributed by atoms with Crippen LogP contribution in [0.3, 0.4) is 0 Å². The largest absolute Gasteiger partial charge is 0.383 e. The fourth-order valence-corrected chi connectivity index (χ4v) is 1.12. The van der Waals surface area contributed by atoms with Crippen LogP contribution in [0.5, 0.6) is 0 Å². The molecule has 5 nitrogen and oxygen atoms in total. The second-order valence-electron chi connectivity index (χ2n) is 3.33. The highest BCUT2D eigenvalue weighted by molar-refractivity contribution is 6.39. The van der Waals surface area contributed by atoms with E-state index in [1.807, 2.05) is 5.32 Å². The number of carbonyl (C=O) groups excluding carboxylic acids is 2. The fraction of sp³-hybridized carbons (Fsp3) is 0.273. The Labute approximate surface area is 102 Å². The molecule has 0 bridgehead atoms. The molecule has 0 aliphatic heterocycles. The lowest BCUT2D eigenvalue weighted by Crippen LogP contribution is -2.37. The average molecular weight is 258 g/mol. The van der Waals surface area contributed by atoms with E-state index in [9.17, 15) is 18.4 Å². The molecule has 1 rings (SSSR count). The van der Waals surface area contributed by atoms with E-state index < -0.39 is 23.4 Å². The van der Waals surface area contributed by atoms with Crippen molar-refractivity contribution in [1.82, 2.24) is 5.32 Å². The van der Waals surface area contributed by atoms with Crippen molar-refractivity contribution >= 4 is 17.5 Å². The molecule has 0 radical (unpaired) electrons. The Morgan fingerprint density at radius 1 is 1.28 bits per heavy atom. The number of methoxy groups -OCH3 is 1. The molecule has 0 saturated heterocycles. The molecule has 1 aromatic carbocycles. The Bertz CT molecular complexity index is 452. The molecule has 0 aliphatic rings. The lowest BCUT2D eigenvalue weighted by atomic mass is 10.3. The molecule has 18 heavy (non-hydrogen) atoms. The number of halogens is 2. The Morgan fingerprint density at radius 2 is 2.00 bits per heavy atom. The topological polar surface area (TPSA) is 67.4 Å². The van der Waals surface area contributed by atoms with Gasteiger partial charge in [0.15, 0.2) is 0 Å². The summed E-state index contributed by atoms with van der Waals surface area (Å²) in [6.07, 6.45) is 0. The van der Waals surface area contributed by atoms with Gasteiger partial charge in [-0.15, -0.1) is 0 Å². The van der Waals surface area contributed by atoms with Gasteiger partial charge in [0.1, 0.15) is 11.6 Å². The third-order valence-corrected chi connectivity index (χ3v) is 1.98. The fourth-order valence-electron chi connectivity index (χ4n) is 1.12. The van der Waals surface area contributed by atoms with Crippen molar-refractivity contribution in [2.75, 3.05) is 25.6 Å². The van der Waals surface area contributed by atoms with Crippen LogP contribution in [-0.4, -0.2) is 32.1 Å². The monoisotopic (exact) mass is 258 g/mol. The highest BCUT2D eigenvalue weighted by Gasteiger charge is 2.15. The lowest BCUT2D eigenvalue weighted by Gasteiger charge is -2.06. The van der Waals surface area contributed by atoms with E-state index in [1.54, 1.807) is 0 Å². The maximum atomic E-state index is 13.2. The molecule has 2 N–H and O–H groups in total. The Kier molecular flexibility index (Phi) is 5.19. The molecule has 0 saturated carbocycles. The maximum absolute atomic E-state index is 13.2. The number of ether oxygens (including phenoxy) is 1. The minimum Gasteiger partial charge on any atom is -0.383 e. The lowest BCUT2D eigenvalue weighted by molar-refractivity contribution is -0.136. The normalized spacial score (nSPS) is 9.94. The van der Waals surface area contributed by atoms with Gasteiger partial charge in [-0.2, -0.15) is 0 Å². The first-order chi connectivity index (χ1) is 8.54. The molecule has 0 aliphatic carbocycles. The smallest absolute Gasteiger partial charge is 0.313 e. The summed E-state index contributed by atoms with van der Waals surface area (Å²) in [4.78, 5) is 22.5. The predicted molar refractivity (Wildman–Crippen MR) is 59.9 cm³/mol. The SMILES string of the molecule is COCCNC(=O)C(=O)Nc1ccc(F)cc1F. The van der Waals surface area contributed by atoms with Crippen molar-refractivity contribution < 1.29 is 23.1 Å². The molecular weight excluding hydrogens is 246 g/mol. The van der Waals surface area contributed by atoms with E-state index >= 15 is 0 Å². The summed E-state index contributed by atoms with van der Waals surface area (Å²) in [7, 11) is 1.44. The van der Waals surface area contributed by atoms with Crippen LogP contribution in [-0.2, 0) is 14.3 Å². The summed E-state index contributed by atoms with van der Waals surface area (Å²) in [6, 6.07) is 2.62. The van der Waals surface area contributed by atoms with Crippen LogP contribution in [0.4, 0.5) is 14.5 Å². The zero-order valence-corrected chi connectivity index (χ0v) is 9.63. The summed E-state index contributed by atoms with van der Waals surface area (Å²) in [5.74, 6) is -3.67. The summed E-state index contributed by atoms with van der Waals surface area (Å²) < 4.78 is 30.5. The number of benzene rings is 1. The molecule has 0 fully saturated rings. The van der Waals surface area contributed by atoms with Crippen molar-refractivity contribution in [2.45, 2.75) is 0 Å². The summed E-state index contributed by atoms with van der Waals surface area (Å²) in [5.41, 5.74) is -0.261. The third-order valence-electron chi connectivity index (χ3n) is 1.98. The van der Waals surface area contributed by atoms with E-state index in [0.717, 1.165) is 12.1 Å². The van der Waals surface area contributed by atoms with Crippen LogP contribution >= 0.6 is 0 Å².